The van der Waals surface area contributed by atoms with Crippen molar-refractivity contribution in [3.8, 4) is 0 Å². The average molecular weight is 266 g/mol. The summed E-state index contributed by atoms with van der Waals surface area (Å²) in [6, 6.07) is -0.510. The number of urea groups is 1. The Balaban J connectivity index is 3.33. The lowest BCUT2D eigenvalue weighted by molar-refractivity contribution is 0.153. The lowest BCUT2D eigenvalue weighted by Gasteiger charge is -2.06. The molecule has 0 aromatic rings. The Kier molecular flexibility index (Phi) is 10.6. The van der Waals surface area contributed by atoms with Gasteiger partial charge in [-0.25, -0.2) is 14.9 Å². The summed E-state index contributed by atoms with van der Waals surface area (Å²) >= 11 is 3.57. The first-order valence-electron chi connectivity index (χ1n) is 4.99. The summed E-state index contributed by atoms with van der Waals surface area (Å²) in [4.78, 5) is 21.9. The summed E-state index contributed by atoms with van der Waals surface area (Å²) in [5.74, 6) is 3.03. The van der Waals surface area contributed by atoms with Gasteiger partial charge in [0, 0.05) is 23.8 Å². The second kappa shape index (κ2) is 10.9. The standard InChI is InChI=1S/C9H18N2O3S2/c1-3-14-9(13)11-8(12)10-4-5-16-7-6-15-2/h3-7H2,1-2H3,(H2,10,11,12,13). The third-order valence-corrected chi connectivity index (χ3v) is 3.31. The molecule has 0 fully saturated rings. The van der Waals surface area contributed by atoms with E-state index in [4.69, 9.17) is 0 Å². The molecular formula is C9H18N2O3S2. The van der Waals surface area contributed by atoms with E-state index in [2.05, 4.69) is 21.6 Å². The molecule has 0 spiro atoms. The molecule has 16 heavy (non-hydrogen) atoms. The SMILES string of the molecule is CCOC(=O)NC(=O)NCCSCCSC. The van der Waals surface area contributed by atoms with E-state index < -0.39 is 12.1 Å². The van der Waals surface area contributed by atoms with E-state index in [1.54, 1.807) is 30.4 Å². The van der Waals surface area contributed by atoms with Crippen LogP contribution in [0.5, 0.6) is 0 Å². The summed E-state index contributed by atoms with van der Waals surface area (Å²) < 4.78 is 4.55. The zero-order valence-corrected chi connectivity index (χ0v) is 11.2. The number of ether oxygens (including phenoxy) is 1. The number of thioether (sulfide) groups is 2. The van der Waals surface area contributed by atoms with E-state index in [-0.39, 0.29) is 6.61 Å². The molecular weight excluding hydrogens is 248 g/mol. The highest BCUT2D eigenvalue weighted by molar-refractivity contribution is 8.02. The molecule has 3 amide bonds. The summed E-state index contributed by atoms with van der Waals surface area (Å²) in [5.41, 5.74) is 0. The predicted octanol–water partition coefficient (Wildman–Crippen LogP) is 1.54. The molecule has 0 atom stereocenters. The van der Waals surface area contributed by atoms with E-state index in [1.165, 1.54) is 0 Å². The largest absolute Gasteiger partial charge is 0.450 e. The van der Waals surface area contributed by atoms with E-state index in [9.17, 15) is 9.59 Å². The normalized spacial score (nSPS) is 9.62. The van der Waals surface area contributed by atoms with Gasteiger partial charge in [-0.1, -0.05) is 0 Å². The van der Waals surface area contributed by atoms with Gasteiger partial charge in [-0.3, -0.25) is 0 Å². The van der Waals surface area contributed by atoms with Crippen molar-refractivity contribution in [2.75, 3.05) is 36.7 Å². The molecule has 5 nitrogen and oxygen atoms in total. The number of nitrogens with one attached hydrogen (secondary N) is 2. The molecule has 7 heteroatoms. The number of imide groups is 1. The molecule has 2 N–H and O–H groups in total. The molecule has 0 aromatic carbocycles. The zero-order chi connectivity index (χ0) is 12.2. The third-order valence-electron chi connectivity index (χ3n) is 1.45. The van der Waals surface area contributed by atoms with Crippen LogP contribution in [0.1, 0.15) is 6.92 Å². The van der Waals surface area contributed by atoms with Gasteiger partial charge in [0.1, 0.15) is 0 Å². The van der Waals surface area contributed by atoms with E-state index >= 15 is 0 Å². The molecule has 0 saturated heterocycles. The minimum atomic E-state index is -0.713. The van der Waals surface area contributed by atoms with Crippen LogP contribution in [-0.4, -0.2) is 48.8 Å². The van der Waals surface area contributed by atoms with Crippen molar-refractivity contribution in [2.45, 2.75) is 6.92 Å². The number of hydrogen-bond donors (Lipinski definition) is 2. The lowest BCUT2D eigenvalue weighted by Crippen LogP contribution is -2.40. The average Bonchev–Trinajstić information content (AvgIpc) is 2.23. The fourth-order valence-electron chi connectivity index (χ4n) is 0.785. The third kappa shape index (κ3) is 9.97. The van der Waals surface area contributed by atoms with E-state index in [0.29, 0.717) is 6.54 Å². The van der Waals surface area contributed by atoms with Crippen LogP contribution >= 0.6 is 23.5 Å². The molecule has 0 unspecified atom stereocenters. The monoisotopic (exact) mass is 266 g/mol. The van der Waals surface area contributed by atoms with Crippen molar-refractivity contribution >= 4 is 35.6 Å². The zero-order valence-electron chi connectivity index (χ0n) is 9.58. The molecule has 0 radical (unpaired) electrons. The first kappa shape index (κ1) is 15.4. The minimum absolute atomic E-state index is 0.254. The van der Waals surface area contributed by atoms with Crippen molar-refractivity contribution in [2.24, 2.45) is 0 Å². The predicted molar refractivity (Wildman–Crippen MR) is 69.3 cm³/mol. The Hall–Kier alpha value is -0.560. The van der Waals surface area contributed by atoms with Gasteiger partial charge >= 0.3 is 12.1 Å². The first-order valence-corrected chi connectivity index (χ1v) is 7.53. The van der Waals surface area contributed by atoms with Crippen LogP contribution in [0.15, 0.2) is 0 Å². The molecule has 0 aliphatic heterocycles. The van der Waals surface area contributed by atoms with Crippen molar-refractivity contribution in [3.63, 3.8) is 0 Å². The Morgan fingerprint density at radius 1 is 1.25 bits per heavy atom. The van der Waals surface area contributed by atoms with Gasteiger partial charge in [0.25, 0.3) is 0 Å². The van der Waals surface area contributed by atoms with Crippen LogP contribution < -0.4 is 10.6 Å². The highest BCUT2D eigenvalue weighted by atomic mass is 32.2. The number of rotatable bonds is 7. The fraction of sp³-hybridized carbons (Fsp3) is 0.778. The second-order valence-corrected chi connectivity index (χ2v) is 4.92. The molecule has 0 saturated carbocycles. The highest BCUT2D eigenvalue weighted by Gasteiger charge is 2.06. The maximum atomic E-state index is 11.1. The Morgan fingerprint density at radius 2 is 2.00 bits per heavy atom. The number of alkyl carbamates (subject to hydrolysis) is 1. The molecule has 0 bridgehead atoms. The van der Waals surface area contributed by atoms with Crippen molar-refractivity contribution in [1.82, 2.24) is 10.6 Å². The van der Waals surface area contributed by atoms with Gasteiger partial charge in [0.05, 0.1) is 6.61 Å². The van der Waals surface area contributed by atoms with Crippen LogP contribution in [0.25, 0.3) is 0 Å². The van der Waals surface area contributed by atoms with E-state index in [1.807, 2.05) is 0 Å². The number of carbonyl (C=O) groups excluding carboxylic acids is 2. The first-order chi connectivity index (χ1) is 7.70. The van der Waals surface area contributed by atoms with Crippen LogP contribution in [0, 0.1) is 0 Å². The lowest BCUT2D eigenvalue weighted by atomic mass is 10.7. The highest BCUT2D eigenvalue weighted by Crippen LogP contribution is 2.02. The van der Waals surface area contributed by atoms with Crippen LogP contribution in [0.3, 0.4) is 0 Å². The molecule has 0 aliphatic rings. The molecule has 0 aliphatic carbocycles. The maximum Gasteiger partial charge on any atom is 0.415 e. The van der Waals surface area contributed by atoms with Crippen molar-refractivity contribution < 1.29 is 14.3 Å². The maximum absolute atomic E-state index is 11.1. The molecule has 0 aromatic heterocycles. The van der Waals surface area contributed by atoms with Gasteiger partial charge < -0.3 is 10.1 Å². The van der Waals surface area contributed by atoms with Crippen LogP contribution in [0.4, 0.5) is 9.59 Å². The summed E-state index contributed by atoms with van der Waals surface area (Å²) in [6.45, 7) is 2.48. The van der Waals surface area contributed by atoms with Crippen LogP contribution in [0.2, 0.25) is 0 Å². The number of carbonyl (C=O) groups is 2. The van der Waals surface area contributed by atoms with Gasteiger partial charge in [0.15, 0.2) is 0 Å². The van der Waals surface area contributed by atoms with Gasteiger partial charge in [-0.15, -0.1) is 0 Å². The molecule has 0 heterocycles. The number of hydrogen-bond acceptors (Lipinski definition) is 5. The topological polar surface area (TPSA) is 67.4 Å². The molecule has 94 valence electrons. The van der Waals surface area contributed by atoms with Crippen molar-refractivity contribution in [3.05, 3.63) is 0 Å². The smallest absolute Gasteiger partial charge is 0.415 e. The Morgan fingerprint density at radius 3 is 2.62 bits per heavy atom. The second-order valence-electron chi connectivity index (χ2n) is 2.71. The Bertz CT molecular complexity index is 215. The number of amides is 3. The van der Waals surface area contributed by atoms with Gasteiger partial charge in [0.2, 0.25) is 0 Å². The Labute approximate surface area is 104 Å². The quantitative estimate of drug-likeness (QED) is 0.684. The van der Waals surface area contributed by atoms with Gasteiger partial charge in [-0.2, -0.15) is 23.5 Å². The molecule has 0 rings (SSSR count). The fourth-order valence-corrected chi connectivity index (χ4v) is 2.37. The minimum Gasteiger partial charge on any atom is -0.450 e. The van der Waals surface area contributed by atoms with E-state index in [0.717, 1.165) is 17.3 Å². The summed E-state index contributed by atoms with van der Waals surface area (Å²) in [7, 11) is 0. The summed E-state index contributed by atoms with van der Waals surface area (Å²) in [6.07, 6.45) is 1.35. The van der Waals surface area contributed by atoms with Crippen LogP contribution in [-0.2, 0) is 4.74 Å². The van der Waals surface area contributed by atoms with Crippen molar-refractivity contribution in [1.29, 1.82) is 0 Å². The summed E-state index contributed by atoms with van der Waals surface area (Å²) in [5, 5.41) is 4.63. The van der Waals surface area contributed by atoms with Gasteiger partial charge in [-0.05, 0) is 13.2 Å².